The molecule has 1 atom stereocenters. The minimum absolute atomic E-state index is 0.0370. The van der Waals surface area contributed by atoms with Crippen molar-refractivity contribution in [2.45, 2.75) is 26.3 Å². The van der Waals surface area contributed by atoms with Crippen molar-refractivity contribution in [3.05, 3.63) is 140 Å². The fraction of sp³-hybridized carbons (Fsp3) is 0.189. The number of fused-ring (bicyclic) bond motifs is 1. The molecule has 0 radical (unpaired) electrons. The molecule has 0 bridgehead atoms. The van der Waals surface area contributed by atoms with Crippen molar-refractivity contribution in [1.29, 1.82) is 0 Å². The molecule has 0 saturated carbocycles. The summed E-state index contributed by atoms with van der Waals surface area (Å²) in [5.74, 6) is 0.883. The van der Waals surface area contributed by atoms with E-state index in [0.717, 1.165) is 34.5 Å². The van der Waals surface area contributed by atoms with Crippen LogP contribution in [-0.2, 0) is 9.53 Å². The van der Waals surface area contributed by atoms with Gasteiger partial charge in [0.05, 0.1) is 41.2 Å². The fourth-order valence-electron chi connectivity index (χ4n) is 5.40. The van der Waals surface area contributed by atoms with Crippen LogP contribution in [0.2, 0.25) is 0 Å². The van der Waals surface area contributed by atoms with Crippen LogP contribution in [0.4, 0.5) is 0 Å². The van der Waals surface area contributed by atoms with Gasteiger partial charge in [-0.05, 0) is 73.5 Å². The predicted octanol–water partition coefficient (Wildman–Crippen LogP) is 5.61. The van der Waals surface area contributed by atoms with Crippen molar-refractivity contribution >= 4 is 23.4 Å². The zero-order valence-electron chi connectivity index (χ0n) is 26.4. The number of hydrogen-bond donors (Lipinski definition) is 0. The van der Waals surface area contributed by atoms with Gasteiger partial charge in [0.15, 0.2) is 4.80 Å². The van der Waals surface area contributed by atoms with Gasteiger partial charge in [0.1, 0.15) is 23.8 Å². The normalized spacial score (nSPS) is 14.4. The Morgan fingerprint density at radius 1 is 1.02 bits per heavy atom. The molecule has 2 aromatic heterocycles. The molecule has 1 aliphatic heterocycles. The molecule has 0 amide bonds. The molecule has 0 N–H and O–H groups in total. The number of allylic oxidation sites excluding steroid dienone is 1. The number of thiazole rings is 1. The van der Waals surface area contributed by atoms with Gasteiger partial charge in [-0.25, -0.2) is 14.5 Å². The van der Waals surface area contributed by atoms with Gasteiger partial charge in [-0.1, -0.05) is 61.2 Å². The van der Waals surface area contributed by atoms with Crippen LogP contribution >= 0.6 is 11.3 Å². The van der Waals surface area contributed by atoms with E-state index >= 15 is 0 Å². The highest BCUT2D eigenvalue weighted by Crippen LogP contribution is 2.32. The van der Waals surface area contributed by atoms with Crippen molar-refractivity contribution in [3.8, 4) is 28.4 Å². The van der Waals surface area contributed by atoms with Crippen molar-refractivity contribution < 1.29 is 19.0 Å². The van der Waals surface area contributed by atoms with Gasteiger partial charge in [0.25, 0.3) is 5.56 Å². The van der Waals surface area contributed by atoms with Gasteiger partial charge < -0.3 is 14.2 Å². The largest absolute Gasteiger partial charge is 0.497 e. The number of nitrogens with zero attached hydrogens (tertiary/aromatic N) is 4. The second kappa shape index (κ2) is 13.9. The first-order chi connectivity index (χ1) is 22.9. The second-order valence-corrected chi connectivity index (χ2v) is 11.8. The maximum absolute atomic E-state index is 14.3. The summed E-state index contributed by atoms with van der Waals surface area (Å²) in [4.78, 5) is 32.9. The Balaban J connectivity index is 1.51. The number of carbonyl (C=O) groups excluding carboxylic acids is 1. The average molecular weight is 647 g/mol. The summed E-state index contributed by atoms with van der Waals surface area (Å²) in [5, 5.41) is 4.93. The lowest BCUT2D eigenvalue weighted by atomic mass is 9.96. The standard InChI is InChI=1S/C37H34N4O5S/c1-5-20-45-30-18-12-25(13-19-30)33-27(23-40(39-33)28-10-8-7-9-11-28)22-31-35(42)41-34(26-14-16-29(44-4)17-15-26)32(36(43)46-21-6-2)24(3)38-37(41)47-31/h6-19,22-23,34H,2,5,20-21H2,1,3-4H3. The molecule has 0 fully saturated rings. The molecule has 238 valence electrons. The molecule has 1 unspecified atom stereocenters. The van der Waals surface area contributed by atoms with Crippen LogP contribution < -0.4 is 24.4 Å². The SMILES string of the molecule is C=CCOC(=O)C1=C(C)N=c2sc(=Cc3cn(-c4ccccc4)nc3-c3ccc(OCCC)cc3)c(=O)n2C1c1ccc(OC)cc1. The third-order valence-electron chi connectivity index (χ3n) is 7.66. The van der Waals surface area contributed by atoms with E-state index in [1.54, 1.807) is 35.4 Å². The van der Waals surface area contributed by atoms with Crippen molar-refractivity contribution in [3.63, 3.8) is 0 Å². The van der Waals surface area contributed by atoms with Crippen molar-refractivity contribution in [2.24, 2.45) is 4.99 Å². The lowest BCUT2D eigenvalue weighted by Gasteiger charge is -2.24. The molecule has 10 heteroatoms. The molecule has 0 spiro atoms. The minimum atomic E-state index is -0.751. The van der Waals surface area contributed by atoms with E-state index in [2.05, 4.69) is 13.5 Å². The number of esters is 1. The summed E-state index contributed by atoms with van der Waals surface area (Å²) in [6.45, 7) is 8.15. The number of methoxy groups -OCH3 is 1. The maximum atomic E-state index is 14.3. The zero-order chi connectivity index (χ0) is 32.9. The molecular weight excluding hydrogens is 612 g/mol. The van der Waals surface area contributed by atoms with Crippen LogP contribution in [0.3, 0.4) is 0 Å². The lowest BCUT2D eigenvalue weighted by Crippen LogP contribution is -2.39. The van der Waals surface area contributed by atoms with Crippen LogP contribution in [0.1, 0.15) is 37.4 Å². The number of para-hydroxylation sites is 1. The van der Waals surface area contributed by atoms with Gasteiger partial charge in [0, 0.05) is 17.3 Å². The Kier molecular flexibility index (Phi) is 9.30. The van der Waals surface area contributed by atoms with Crippen molar-refractivity contribution in [2.75, 3.05) is 20.3 Å². The quantitative estimate of drug-likeness (QED) is 0.137. The van der Waals surface area contributed by atoms with E-state index in [0.29, 0.717) is 38.7 Å². The summed E-state index contributed by atoms with van der Waals surface area (Å²) in [6, 6.07) is 24.1. The van der Waals surface area contributed by atoms with E-state index in [-0.39, 0.29) is 12.2 Å². The second-order valence-electron chi connectivity index (χ2n) is 10.8. The van der Waals surface area contributed by atoms with Gasteiger partial charge in [-0.2, -0.15) is 5.10 Å². The number of aromatic nitrogens is 3. The monoisotopic (exact) mass is 646 g/mol. The first-order valence-corrected chi connectivity index (χ1v) is 16.1. The summed E-state index contributed by atoms with van der Waals surface area (Å²) in [6.07, 6.45) is 6.17. The fourth-order valence-corrected chi connectivity index (χ4v) is 6.43. The molecule has 3 aromatic carbocycles. The van der Waals surface area contributed by atoms with Gasteiger partial charge in [0.2, 0.25) is 0 Å². The van der Waals surface area contributed by atoms with E-state index in [1.807, 2.05) is 79.0 Å². The van der Waals surface area contributed by atoms with Crippen LogP contribution in [0, 0.1) is 0 Å². The number of rotatable bonds is 11. The number of benzene rings is 3. The molecule has 5 aromatic rings. The smallest absolute Gasteiger partial charge is 0.338 e. The van der Waals surface area contributed by atoms with E-state index in [4.69, 9.17) is 24.3 Å². The predicted molar refractivity (Wildman–Crippen MR) is 183 cm³/mol. The highest BCUT2D eigenvalue weighted by atomic mass is 32.1. The summed E-state index contributed by atoms with van der Waals surface area (Å²) in [7, 11) is 1.59. The summed E-state index contributed by atoms with van der Waals surface area (Å²) in [5.41, 5.74) is 4.44. The molecular formula is C37H34N4O5S. The van der Waals surface area contributed by atoms with E-state index in [9.17, 15) is 9.59 Å². The highest BCUT2D eigenvalue weighted by Gasteiger charge is 2.33. The van der Waals surface area contributed by atoms with Crippen LogP contribution in [0.25, 0.3) is 23.0 Å². The molecule has 47 heavy (non-hydrogen) atoms. The van der Waals surface area contributed by atoms with Crippen molar-refractivity contribution in [1.82, 2.24) is 14.3 Å². The van der Waals surface area contributed by atoms with Gasteiger partial charge >= 0.3 is 5.97 Å². The molecule has 1 aliphatic rings. The van der Waals surface area contributed by atoms with E-state index in [1.165, 1.54) is 17.4 Å². The molecule has 0 saturated heterocycles. The maximum Gasteiger partial charge on any atom is 0.338 e. The Bertz CT molecular complexity index is 2130. The Labute approximate surface area is 276 Å². The van der Waals surface area contributed by atoms with Crippen LogP contribution in [0.15, 0.2) is 119 Å². The third kappa shape index (κ3) is 6.45. The third-order valence-corrected chi connectivity index (χ3v) is 8.64. The Morgan fingerprint density at radius 2 is 1.74 bits per heavy atom. The summed E-state index contributed by atoms with van der Waals surface area (Å²) < 4.78 is 20.4. The van der Waals surface area contributed by atoms with Crippen LogP contribution in [-0.4, -0.2) is 40.6 Å². The first kappa shape index (κ1) is 31.5. The van der Waals surface area contributed by atoms with Crippen LogP contribution in [0.5, 0.6) is 11.5 Å². The molecule has 6 rings (SSSR count). The molecule has 0 aliphatic carbocycles. The molecule has 9 nitrogen and oxygen atoms in total. The summed E-state index contributed by atoms with van der Waals surface area (Å²) >= 11 is 1.26. The first-order valence-electron chi connectivity index (χ1n) is 15.2. The Morgan fingerprint density at radius 3 is 2.43 bits per heavy atom. The van der Waals surface area contributed by atoms with Gasteiger partial charge in [-0.15, -0.1) is 0 Å². The lowest BCUT2D eigenvalue weighted by molar-refractivity contribution is -0.138. The van der Waals surface area contributed by atoms with Gasteiger partial charge in [-0.3, -0.25) is 9.36 Å². The average Bonchev–Trinajstić information content (AvgIpc) is 3.66. The zero-order valence-corrected chi connectivity index (χ0v) is 27.2. The number of ether oxygens (including phenoxy) is 3. The molecule has 3 heterocycles. The minimum Gasteiger partial charge on any atom is -0.497 e. The topological polar surface area (TPSA) is 96.9 Å². The highest BCUT2D eigenvalue weighted by molar-refractivity contribution is 7.07. The Hall–Kier alpha value is -5.48. The van der Waals surface area contributed by atoms with E-state index < -0.39 is 12.0 Å². The number of carbonyl (C=O) groups is 1. The number of hydrogen-bond acceptors (Lipinski definition) is 8.